The van der Waals surface area contributed by atoms with Crippen molar-refractivity contribution in [1.82, 2.24) is 14.9 Å². The third kappa shape index (κ3) is 4.28. The second-order valence-corrected chi connectivity index (χ2v) is 5.35. The fraction of sp³-hybridized carbons (Fsp3) is 0.353. The highest BCUT2D eigenvalue weighted by molar-refractivity contribution is 5.92. The van der Waals surface area contributed by atoms with Crippen molar-refractivity contribution in [3.63, 3.8) is 0 Å². The molecule has 1 N–H and O–H groups in total. The van der Waals surface area contributed by atoms with Gasteiger partial charge in [-0.05, 0) is 25.0 Å². The molecule has 0 radical (unpaired) electrons. The minimum Gasteiger partial charge on any atom is -0.354 e. The maximum absolute atomic E-state index is 12.7. The van der Waals surface area contributed by atoms with E-state index < -0.39 is 0 Å². The summed E-state index contributed by atoms with van der Waals surface area (Å²) in [7, 11) is 0. The standard InChI is InChI=1S/C17H21N3O2/c1-3-4-8-20(12-14-6-5-7-18-11-14)17(22)16-10-15(21)9-13(2)19-16/h5-7,9-11H,3-4,8,12H2,1-2H3,(H,19,21). The van der Waals surface area contributed by atoms with Crippen LogP contribution in [0.2, 0.25) is 0 Å². The number of carbonyl (C=O) groups excluding carboxylic acids is 1. The third-order valence-electron chi connectivity index (χ3n) is 3.37. The summed E-state index contributed by atoms with van der Waals surface area (Å²) in [4.78, 5) is 33.1. The minimum absolute atomic E-state index is 0.155. The molecule has 5 heteroatoms. The predicted octanol–water partition coefficient (Wildman–Crippen LogP) is 2.52. The summed E-state index contributed by atoms with van der Waals surface area (Å²) in [5.41, 5.74) is 1.84. The smallest absolute Gasteiger partial charge is 0.270 e. The normalized spacial score (nSPS) is 10.5. The Kier molecular flexibility index (Phi) is 5.47. The van der Waals surface area contributed by atoms with Crippen molar-refractivity contribution in [3.8, 4) is 0 Å². The van der Waals surface area contributed by atoms with Crippen LogP contribution in [0.5, 0.6) is 0 Å². The number of rotatable bonds is 6. The predicted molar refractivity (Wildman–Crippen MR) is 85.7 cm³/mol. The zero-order valence-electron chi connectivity index (χ0n) is 13.0. The number of pyridine rings is 2. The van der Waals surface area contributed by atoms with Crippen LogP contribution < -0.4 is 5.43 Å². The van der Waals surface area contributed by atoms with Gasteiger partial charge in [-0.15, -0.1) is 0 Å². The molecule has 0 aromatic carbocycles. The number of nitrogens with one attached hydrogen (secondary N) is 1. The number of unbranched alkanes of at least 4 members (excludes halogenated alkanes) is 1. The molecule has 116 valence electrons. The van der Waals surface area contributed by atoms with Crippen LogP contribution in [0.3, 0.4) is 0 Å². The quantitative estimate of drug-likeness (QED) is 0.891. The molecule has 0 atom stereocenters. The highest BCUT2D eigenvalue weighted by Gasteiger charge is 2.17. The Bertz CT molecular complexity index is 680. The van der Waals surface area contributed by atoms with E-state index in [9.17, 15) is 9.59 Å². The molecular weight excluding hydrogens is 278 g/mol. The molecule has 0 spiro atoms. The molecule has 0 unspecified atom stereocenters. The van der Waals surface area contributed by atoms with Crippen molar-refractivity contribution in [2.24, 2.45) is 0 Å². The summed E-state index contributed by atoms with van der Waals surface area (Å²) in [5, 5.41) is 0. The fourth-order valence-electron chi connectivity index (χ4n) is 2.28. The van der Waals surface area contributed by atoms with E-state index in [1.165, 1.54) is 12.1 Å². The van der Waals surface area contributed by atoms with Crippen molar-refractivity contribution in [3.05, 3.63) is 63.8 Å². The van der Waals surface area contributed by atoms with Crippen LogP contribution in [0.4, 0.5) is 0 Å². The average molecular weight is 299 g/mol. The zero-order valence-corrected chi connectivity index (χ0v) is 13.0. The van der Waals surface area contributed by atoms with E-state index in [0.717, 1.165) is 18.4 Å². The highest BCUT2D eigenvalue weighted by Crippen LogP contribution is 2.09. The maximum atomic E-state index is 12.7. The van der Waals surface area contributed by atoms with Crippen LogP contribution in [-0.2, 0) is 6.54 Å². The second-order valence-electron chi connectivity index (χ2n) is 5.35. The van der Waals surface area contributed by atoms with Crippen LogP contribution in [0.15, 0.2) is 41.5 Å². The van der Waals surface area contributed by atoms with Crippen molar-refractivity contribution >= 4 is 5.91 Å². The summed E-state index contributed by atoms with van der Waals surface area (Å²) in [6.45, 7) is 5.00. The summed E-state index contributed by atoms with van der Waals surface area (Å²) >= 11 is 0. The molecule has 0 saturated carbocycles. The van der Waals surface area contributed by atoms with Crippen LogP contribution in [0.1, 0.15) is 41.5 Å². The first-order valence-corrected chi connectivity index (χ1v) is 7.49. The van der Waals surface area contributed by atoms with Gasteiger partial charge in [-0.1, -0.05) is 19.4 Å². The lowest BCUT2D eigenvalue weighted by atomic mass is 10.2. The highest BCUT2D eigenvalue weighted by atomic mass is 16.2. The van der Waals surface area contributed by atoms with Crippen LogP contribution in [0, 0.1) is 6.92 Å². The van der Waals surface area contributed by atoms with Crippen molar-refractivity contribution in [2.75, 3.05) is 6.54 Å². The molecule has 0 aliphatic heterocycles. The minimum atomic E-state index is -0.156. The molecule has 2 rings (SSSR count). The molecular formula is C17H21N3O2. The molecule has 0 aliphatic carbocycles. The first-order chi connectivity index (χ1) is 10.6. The summed E-state index contributed by atoms with van der Waals surface area (Å²) in [6, 6.07) is 6.64. The Morgan fingerprint density at radius 2 is 2.18 bits per heavy atom. The Morgan fingerprint density at radius 1 is 1.36 bits per heavy atom. The topological polar surface area (TPSA) is 66.1 Å². The number of carbonyl (C=O) groups is 1. The summed E-state index contributed by atoms with van der Waals surface area (Å²) in [6.07, 6.45) is 5.38. The number of aromatic amines is 1. The van der Waals surface area contributed by atoms with Gasteiger partial charge in [0.25, 0.3) is 5.91 Å². The average Bonchev–Trinajstić information content (AvgIpc) is 2.50. The number of hydrogen-bond acceptors (Lipinski definition) is 3. The lowest BCUT2D eigenvalue weighted by molar-refractivity contribution is 0.0734. The maximum Gasteiger partial charge on any atom is 0.270 e. The molecule has 22 heavy (non-hydrogen) atoms. The van der Waals surface area contributed by atoms with E-state index in [4.69, 9.17) is 0 Å². The lowest BCUT2D eigenvalue weighted by Gasteiger charge is -2.22. The number of hydrogen-bond donors (Lipinski definition) is 1. The number of aryl methyl sites for hydroxylation is 1. The van der Waals surface area contributed by atoms with E-state index in [0.29, 0.717) is 24.5 Å². The van der Waals surface area contributed by atoms with E-state index in [1.807, 2.05) is 12.1 Å². The molecule has 2 aromatic rings. The van der Waals surface area contributed by atoms with Gasteiger partial charge in [0.1, 0.15) is 5.69 Å². The van der Waals surface area contributed by atoms with Gasteiger partial charge in [-0.3, -0.25) is 14.6 Å². The first kappa shape index (κ1) is 15.9. The zero-order chi connectivity index (χ0) is 15.9. The van der Waals surface area contributed by atoms with Crippen LogP contribution in [0.25, 0.3) is 0 Å². The van der Waals surface area contributed by atoms with Crippen LogP contribution in [-0.4, -0.2) is 27.3 Å². The van der Waals surface area contributed by atoms with Gasteiger partial charge in [0.05, 0.1) is 0 Å². The molecule has 5 nitrogen and oxygen atoms in total. The molecule has 2 heterocycles. The first-order valence-electron chi connectivity index (χ1n) is 7.49. The SMILES string of the molecule is CCCCN(Cc1cccnc1)C(=O)c1cc(=O)cc(C)[nH]1. The van der Waals surface area contributed by atoms with Gasteiger partial charge >= 0.3 is 0 Å². The number of amides is 1. The Balaban J connectivity index is 2.23. The van der Waals surface area contributed by atoms with Crippen molar-refractivity contribution in [2.45, 2.75) is 33.2 Å². The van der Waals surface area contributed by atoms with Gasteiger partial charge in [0.15, 0.2) is 5.43 Å². The molecule has 0 saturated heterocycles. The van der Waals surface area contributed by atoms with E-state index >= 15 is 0 Å². The Morgan fingerprint density at radius 3 is 2.82 bits per heavy atom. The molecule has 0 bridgehead atoms. The molecule has 1 amide bonds. The van der Waals surface area contributed by atoms with Gasteiger partial charge < -0.3 is 9.88 Å². The number of aromatic nitrogens is 2. The second kappa shape index (κ2) is 7.54. The Hall–Kier alpha value is -2.43. The van der Waals surface area contributed by atoms with Crippen molar-refractivity contribution in [1.29, 1.82) is 0 Å². The number of nitrogens with zero attached hydrogens (tertiary/aromatic N) is 2. The largest absolute Gasteiger partial charge is 0.354 e. The Labute approximate surface area is 130 Å². The van der Waals surface area contributed by atoms with E-state index in [1.54, 1.807) is 24.2 Å². The number of H-pyrrole nitrogens is 1. The van der Waals surface area contributed by atoms with Gasteiger partial charge in [0, 0.05) is 43.3 Å². The summed E-state index contributed by atoms with van der Waals surface area (Å²) in [5.74, 6) is -0.155. The third-order valence-corrected chi connectivity index (χ3v) is 3.37. The van der Waals surface area contributed by atoms with E-state index in [-0.39, 0.29) is 11.3 Å². The van der Waals surface area contributed by atoms with Gasteiger partial charge in [-0.25, -0.2) is 0 Å². The van der Waals surface area contributed by atoms with Crippen LogP contribution >= 0.6 is 0 Å². The molecule has 2 aromatic heterocycles. The monoisotopic (exact) mass is 299 g/mol. The summed E-state index contributed by atoms with van der Waals surface area (Å²) < 4.78 is 0. The van der Waals surface area contributed by atoms with Gasteiger partial charge in [-0.2, -0.15) is 0 Å². The van der Waals surface area contributed by atoms with Crippen molar-refractivity contribution < 1.29 is 4.79 Å². The van der Waals surface area contributed by atoms with E-state index in [2.05, 4.69) is 16.9 Å². The molecule has 0 fully saturated rings. The fourth-order valence-corrected chi connectivity index (χ4v) is 2.28. The lowest BCUT2D eigenvalue weighted by Crippen LogP contribution is -2.33. The van der Waals surface area contributed by atoms with Gasteiger partial charge in [0.2, 0.25) is 0 Å². The molecule has 0 aliphatic rings.